The van der Waals surface area contributed by atoms with Gasteiger partial charge in [-0.25, -0.2) is 9.67 Å². The molecule has 150 valence electrons. The van der Waals surface area contributed by atoms with Gasteiger partial charge in [0.15, 0.2) is 0 Å². The second kappa shape index (κ2) is 7.75. The Bertz CT molecular complexity index is 1060. The van der Waals surface area contributed by atoms with Gasteiger partial charge >= 0.3 is 0 Å². The summed E-state index contributed by atoms with van der Waals surface area (Å²) in [6.07, 6.45) is 0. The minimum Gasteiger partial charge on any atom is -0.345 e. The van der Waals surface area contributed by atoms with Crippen LogP contribution < -0.4 is 5.32 Å². The number of carbonyl (C=O) groups is 2. The average Bonchev–Trinajstić information content (AvgIpc) is 3.27. The molecule has 8 nitrogen and oxygen atoms in total. The predicted molar refractivity (Wildman–Crippen MR) is 108 cm³/mol. The molecule has 1 aromatic carbocycles. The lowest BCUT2D eigenvalue weighted by Crippen LogP contribution is -2.41. The monoisotopic (exact) mass is 410 g/mol. The van der Waals surface area contributed by atoms with Crippen LogP contribution in [0, 0.1) is 13.8 Å². The van der Waals surface area contributed by atoms with Crippen molar-refractivity contribution < 1.29 is 9.59 Å². The van der Waals surface area contributed by atoms with Gasteiger partial charge < -0.3 is 10.2 Å². The van der Waals surface area contributed by atoms with Gasteiger partial charge in [0.05, 0.1) is 29.5 Å². The van der Waals surface area contributed by atoms with Crippen molar-refractivity contribution in [1.29, 1.82) is 0 Å². The van der Waals surface area contributed by atoms with Gasteiger partial charge in [-0.3, -0.25) is 9.59 Å². The summed E-state index contributed by atoms with van der Waals surface area (Å²) < 4.78 is 1.66. The van der Waals surface area contributed by atoms with Gasteiger partial charge in [0.2, 0.25) is 5.91 Å². The normalized spacial score (nSPS) is 16.0. The molecule has 1 unspecified atom stereocenters. The van der Waals surface area contributed by atoms with Gasteiger partial charge in [-0.15, -0.1) is 16.4 Å². The minimum absolute atomic E-state index is 0.0117. The van der Waals surface area contributed by atoms with Crippen molar-refractivity contribution in [3.05, 3.63) is 62.9 Å². The molecule has 0 bridgehead atoms. The fourth-order valence-electron chi connectivity index (χ4n) is 3.51. The van der Waals surface area contributed by atoms with E-state index in [0.717, 1.165) is 22.0 Å². The van der Waals surface area contributed by atoms with Crippen LogP contribution in [0.2, 0.25) is 0 Å². The molecule has 0 saturated heterocycles. The van der Waals surface area contributed by atoms with E-state index in [-0.39, 0.29) is 18.4 Å². The molecule has 1 aliphatic heterocycles. The number of rotatable bonds is 5. The number of aromatic nitrogens is 4. The number of amides is 2. The highest BCUT2D eigenvalue weighted by Crippen LogP contribution is 2.25. The van der Waals surface area contributed by atoms with E-state index in [2.05, 4.69) is 20.6 Å². The largest absolute Gasteiger partial charge is 0.345 e. The quantitative estimate of drug-likeness (QED) is 0.697. The molecule has 0 fully saturated rings. The van der Waals surface area contributed by atoms with Gasteiger partial charge in [0.1, 0.15) is 16.6 Å². The molecular formula is C20H22N6O2S. The maximum absolute atomic E-state index is 12.8. The summed E-state index contributed by atoms with van der Waals surface area (Å²) in [6, 6.07) is 9.46. The summed E-state index contributed by atoms with van der Waals surface area (Å²) in [4.78, 5) is 32.0. The number of carbonyl (C=O) groups excluding carboxylic acids is 2. The number of hydrogen-bond donors (Lipinski definition) is 1. The molecular weight excluding hydrogens is 388 g/mol. The molecule has 1 N–H and O–H groups in total. The third kappa shape index (κ3) is 3.77. The lowest BCUT2D eigenvalue weighted by molar-refractivity contribution is -0.138. The second-order valence-electron chi connectivity index (χ2n) is 7.11. The Morgan fingerprint density at radius 3 is 2.72 bits per heavy atom. The van der Waals surface area contributed by atoms with Crippen LogP contribution in [-0.4, -0.2) is 36.7 Å². The zero-order chi connectivity index (χ0) is 20.5. The highest BCUT2D eigenvalue weighted by Gasteiger charge is 2.33. The maximum Gasteiger partial charge on any atom is 0.263 e. The highest BCUT2D eigenvalue weighted by molar-refractivity contribution is 7.13. The van der Waals surface area contributed by atoms with Gasteiger partial charge in [0.25, 0.3) is 5.91 Å². The number of fused-ring (bicyclic) bond motifs is 1. The molecule has 3 aromatic rings. The van der Waals surface area contributed by atoms with E-state index < -0.39 is 6.04 Å². The second-order valence-corrected chi connectivity index (χ2v) is 8.32. The summed E-state index contributed by atoms with van der Waals surface area (Å²) in [5, 5.41) is 12.2. The van der Waals surface area contributed by atoms with E-state index in [1.54, 1.807) is 9.58 Å². The molecule has 2 amide bonds. The van der Waals surface area contributed by atoms with Crippen LogP contribution in [0.5, 0.6) is 0 Å². The summed E-state index contributed by atoms with van der Waals surface area (Å²) in [6.45, 7) is 6.72. The van der Waals surface area contributed by atoms with Crippen LogP contribution >= 0.6 is 11.3 Å². The van der Waals surface area contributed by atoms with E-state index in [1.807, 2.05) is 51.1 Å². The van der Waals surface area contributed by atoms with E-state index in [9.17, 15) is 9.59 Å². The first-order valence-corrected chi connectivity index (χ1v) is 10.2. The van der Waals surface area contributed by atoms with Crippen molar-refractivity contribution in [2.75, 3.05) is 0 Å². The molecule has 29 heavy (non-hydrogen) atoms. The number of aryl methyl sites for hydroxylation is 2. The Morgan fingerprint density at radius 1 is 1.28 bits per heavy atom. The molecule has 1 atom stereocenters. The molecule has 0 saturated carbocycles. The van der Waals surface area contributed by atoms with E-state index >= 15 is 0 Å². The van der Waals surface area contributed by atoms with Crippen molar-refractivity contribution >= 4 is 23.2 Å². The molecule has 0 spiro atoms. The van der Waals surface area contributed by atoms with Gasteiger partial charge in [-0.1, -0.05) is 35.5 Å². The maximum atomic E-state index is 12.8. The standard InChI is InChI=1S/C20H22N6O2S/c1-12-18(29-14(3)22-12)19(27)21-9-16-17-11-25(10-15-7-5-4-6-8-15)20(28)13(2)26(17)24-23-16/h4-8,13H,9-11H2,1-3H3,(H,21,27). The first-order valence-electron chi connectivity index (χ1n) is 9.42. The summed E-state index contributed by atoms with van der Waals surface area (Å²) in [7, 11) is 0. The Balaban J connectivity index is 1.50. The van der Waals surface area contributed by atoms with Gasteiger partial charge in [-0.05, 0) is 26.3 Å². The lowest BCUT2D eigenvalue weighted by Gasteiger charge is -2.31. The van der Waals surface area contributed by atoms with E-state index in [4.69, 9.17) is 0 Å². The Kier molecular flexibility index (Phi) is 5.14. The van der Waals surface area contributed by atoms with Gasteiger partial charge in [-0.2, -0.15) is 0 Å². The Morgan fingerprint density at radius 2 is 2.03 bits per heavy atom. The van der Waals surface area contributed by atoms with Crippen LogP contribution in [0.1, 0.15) is 50.3 Å². The Labute approximate surface area is 172 Å². The van der Waals surface area contributed by atoms with Crippen molar-refractivity contribution in [2.24, 2.45) is 0 Å². The number of benzene rings is 1. The number of nitrogens with one attached hydrogen (secondary N) is 1. The zero-order valence-corrected chi connectivity index (χ0v) is 17.4. The lowest BCUT2D eigenvalue weighted by atomic mass is 10.1. The molecule has 2 aromatic heterocycles. The first-order chi connectivity index (χ1) is 13.9. The zero-order valence-electron chi connectivity index (χ0n) is 16.5. The van der Waals surface area contributed by atoms with E-state index in [1.165, 1.54) is 11.3 Å². The molecule has 1 aliphatic rings. The van der Waals surface area contributed by atoms with Crippen molar-refractivity contribution in [1.82, 2.24) is 30.2 Å². The van der Waals surface area contributed by atoms with Crippen LogP contribution in [0.25, 0.3) is 0 Å². The fourth-order valence-corrected chi connectivity index (χ4v) is 4.35. The topological polar surface area (TPSA) is 93.0 Å². The third-order valence-electron chi connectivity index (χ3n) is 4.99. The number of nitrogens with zero attached hydrogens (tertiary/aromatic N) is 5. The summed E-state index contributed by atoms with van der Waals surface area (Å²) in [5.74, 6) is -0.159. The fraction of sp³-hybridized carbons (Fsp3) is 0.350. The molecule has 4 rings (SSSR count). The first kappa shape index (κ1) is 19.3. The van der Waals surface area contributed by atoms with Crippen molar-refractivity contribution in [3.63, 3.8) is 0 Å². The summed E-state index contributed by atoms with van der Waals surface area (Å²) in [5.41, 5.74) is 3.32. The van der Waals surface area contributed by atoms with Crippen molar-refractivity contribution in [2.45, 2.75) is 46.4 Å². The van der Waals surface area contributed by atoms with Crippen LogP contribution in [0.4, 0.5) is 0 Å². The smallest absolute Gasteiger partial charge is 0.263 e. The number of hydrogen-bond acceptors (Lipinski definition) is 6. The van der Waals surface area contributed by atoms with E-state index in [0.29, 0.717) is 23.7 Å². The SMILES string of the molecule is Cc1nc(C)c(C(=O)NCc2nnn3c2CN(Cc2ccccc2)C(=O)C3C)s1. The van der Waals surface area contributed by atoms with Crippen LogP contribution in [0.15, 0.2) is 30.3 Å². The van der Waals surface area contributed by atoms with Crippen LogP contribution in [-0.2, 0) is 24.4 Å². The van der Waals surface area contributed by atoms with Gasteiger partial charge in [0, 0.05) is 6.54 Å². The highest BCUT2D eigenvalue weighted by atomic mass is 32.1. The van der Waals surface area contributed by atoms with Crippen molar-refractivity contribution in [3.8, 4) is 0 Å². The minimum atomic E-state index is -0.425. The Hall–Kier alpha value is -3.07. The average molecular weight is 411 g/mol. The molecule has 0 aliphatic carbocycles. The molecule has 9 heteroatoms. The molecule has 3 heterocycles. The molecule has 0 radical (unpaired) electrons. The van der Waals surface area contributed by atoms with Crippen LogP contribution in [0.3, 0.4) is 0 Å². The summed E-state index contributed by atoms with van der Waals surface area (Å²) >= 11 is 1.37. The number of thiazole rings is 1. The third-order valence-corrected chi connectivity index (χ3v) is 6.06. The predicted octanol–water partition coefficient (Wildman–Crippen LogP) is 2.38.